The average Bonchev–Trinajstić information content (AvgIpc) is 3.25. The van der Waals surface area contributed by atoms with E-state index in [0.717, 1.165) is 17.1 Å². The lowest BCUT2D eigenvalue weighted by Gasteiger charge is -2.33. The maximum Gasteiger partial charge on any atom is 0.410 e. The van der Waals surface area contributed by atoms with Crippen LogP contribution >= 0.6 is 0 Å². The van der Waals surface area contributed by atoms with Crippen LogP contribution in [-0.4, -0.2) is 49.2 Å². The van der Waals surface area contributed by atoms with Gasteiger partial charge in [0.15, 0.2) is 17.3 Å². The fraction of sp³-hybridized carbons (Fsp3) is 0.471. The van der Waals surface area contributed by atoms with Gasteiger partial charge in [0.05, 0.1) is 11.2 Å². The lowest BCUT2D eigenvalue weighted by Crippen LogP contribution is -2.41. The normalized spacial score (nSPS) is 20.9. The molecule has 238 valence electrons. The van der Waals surface area contributed by atoms with Crippen molar-refractivity contribution in [2.45, 2.75) is 89.6 Å². The molecule has 6 rings (SSSR count). The molecule has 0 saturated carbocycles. The van der Waals surface area contributed by atoms with Crippen LogP contribution in [0.5, 0.6) is 0 Å². The van der Waals surface area contributed by atoms with Gasteiger partial charge in [0, 0.05) is 55.6 Å². The lowest BCUT2D eigenvalue weighted by molar-refractivity contribution is 0.0472. The van der Waals surface area contributed by atoms with Crippen molar-refractivity contribution < 1.29 is 18.3 Å². The number of hydrogen-bond acceptors (Lipinski definition) is 6. The molecule has 3 atom stereocenters. The van der Waals surface area contributed by atoms with Crippen molar-refractivity contribution in [3.8, 4) is 0 Å². The first kappa shape index (κ1) is 30.9. The fourth-order valence-electron chi connectivity index (χ4n) is 7.03. The third-order valence-electron chi connectivity index (χ3n) is 9.06. The number of fused-ring (bicyclic) bond motifs is 2. The molecule has 45 heavy (non-hydrogen) atoms. The molecule has 1 fully saturated rings. The van der Waals surface area contributed by atoms with E-state index in [4.69, 9.17) is 4.74 Å². The van der Waals surface area contributed by atoms with Crippen LogP contribution in [0.15, 0.2) is 59.7 Å². The fourth-order valence-corrected chi connectivity index (χ4v) is 7.03. The quantitative estimate of drug-likeness (QED) is 0.245. The summed E-state index contributed by atoms with van der Waals surface area (Å²) in [4.78, 5) is 37.8. The summed E-state index contributed by atoms with van der Waals surface area (Å²) in [6, 6.07) is 11.4. The van der Waals surface area contributed by atoms with Crippen molar-refractivity contribution >= 4 is 17.3 Å². The molecule has 1 aliphatic heterocycles. The molecular formula is C34H40F2N6O3. The van der Waals surface area contributed by atoms with E-state index in [0.29, 0.717) is 55.7 Å². The Morgan fingerprint density at radius 3 is 2.38 bits per heavy atom. The number of hydrogen-bond donors (Lipinski definition) is 1. The number of benzene rings is 1. The Balaban J connectivity index is 1.22. The molecule has 0 spiro atoms. The van der Waals surface area contributed by atoms with Crippen molar-refractivity contribution in [3.63, 3.8) is 0 Å². The van der Waals surface area contributed by atoms with E-state index < -0.39 is 29.7 Å². The van der Waals surface area contributed by atoms with E-state index >= 15 is 4.39 Å². The zero-order valence-electron chi connectivity index (χ0n) is 26.1. The highest BCUT2D eigenvalue weighted by molar-refractivity contribution is 5.72. The molecule has 1 amide bonds. The molecule has 4 heterocycles. The average molecular weight is 619 g/mol. The van der Waals surface area contributed by atoms with Gasteiger partial charge in [-0.2, -0.15) is 0 Å². The number of nitrogens with zero attached hydrogens (tertiary/aromatic N) is 5. The molecule has 2 aliphatic rings. The van der Waals surface area contributed by atoms with Crippen LogP contribution in [0.2, 0.25) is 0 Å². The molecule has 3 aromatic heterocycles. The highest BCUT2D eigenvalue weighted by atomic mass is 19.2. The maximum absolute atomic E-state index is 15.1. The first-order chi connectivity index (χ1) is 21.7. The first-order valence-corrected chi connectivity index (χ1v) is 15.8. The van der Waals surface area contributed by atoms with Crippen molar-refractivity contribution in [1.82, 2.24) is 29.3 Å². The highest BCUT2D eigenvalue weighted by Crippen LogP contribution is 2.45. The molecule has 0 radical (unpaired) electrons. The molecule has 1 N–H and O–H groups in total. The number of rotatable bonds is 6. The second kappa shape index (κ2) is 12.7. The third-order valence-corrected chi connectivity index (χ3v) is 9.06. The van der Waals surface area contributed by atoms with Crippen LogP contribution in [0.1, 0.15) is 100 Å². The second-order valence-electron chi connectivity index (χ2n) is 12.7. The molecule has 3 unspecified atom stereocenters. The molecule has 4 aromatic rings. The number of ether oxygens (including phenoxy) is 1. The largest absolute Gasteiger partial charge is 0.440 e. The lowest BCUT2D eigenvalue weighted by atomic mass is 9.85. The van der Waals surface area contributed by atoms with Gasteiger partial charge in [-0.3, -0.25) is 14.1 Å². The van der Waals surface area contributed by atoms with Crippen molar-refractivity contribution in [2.75, 3.05) is 13.1 Å². The number of carbonyl (C=O) groups excluding carboxylic acids is 1. The topological polar surface area (TPSA) is 94.3 Å². The van der Waals surface area contributed by atoms with Crippen molar-refractivity contribution in [3.05, 3.63) is 93.8 Å². The van der Waals surface area contributed by atoms with Gasteiger partial charge in [0.25, 0.3) is 0 Å². The number of imidazole rings is 1. The van der Waals surface area contributed by atoms with Gasteiger partial charge in [-0.25, -0.2) is 23.4 Å². The van der Waals surface area contributed by atoms with Crippen LogP contribution in [0, 0.1) is 11.6 Å². The van der Waals surface area contributed by atoms with Gasteiger partial charge in [-0.1, -0.05) is 32.0 Å². The Bertz CT molecular complexity index is 1740. The summed E-state index contributed by atoms with van der Waals surface area (Å²) in [7, 11) is 0. The van der Waals surface area contributed by atoms with Crippen LogP contribution < -0.4 is 11.0 Å². The zero-order chi connectivity index (χ0) is 31.8. The summed E-state index contributed by atoms with van der Waals surface area (Å²) in [5, 5.41) is 3.54. The smallest absolute Gasteiger partial charge is 0.410 e. The number of nitrogens with one attached hydrogen (secondary N) is 1. The van der Waals surface area contributed by atoms with E-state index in [2.05, 4.69) is 15.3 Å². The predicted molar refractivity (Wildman–Crippen MR) is 167 cm³/mol. The van der Waals surface area contributed by atoms with E-state index in [9.17, 15) is 14.0 Å². The zero-order valence-corrected chi connectivity index (χ0v) is 26.1. The van der Waals surface area contributed by atoms with Crippen LogP contribution in [0.4, 0.5) is 13.6 Å². The minimum Gasteiger partial charge on any atom is -0.440 e. The summed E-state index contributed by atoms with van der Waals surface area (Å²) >= 11 is 0. The number of carbonyl (C=O) groups is 1. The van der Waals surface area contributed by atoms with Gasteiger partial charge >= 0.3 is 11.8 Å². The molecule has 11 heteroatoms. The van der Waals surface area contributed by atoms with Crippen molar-refractivity contribution in [1.29, 1.82) is 0 Å². The second-order valence-corrected chi connectivity index (χ2v) is 12.7. The van der Waals surface area contributed by atoms with E-state index in [1.165, 1.54) is 6.07 Å². The predicted octanol–water partition coefficient (Wildman–Crippen LogP) is 6.58. The van der Waals surface area contributed by atoms with Gasteiger partial charge in [-0.05, 0) is 74.9 Å². The summed E-state index contributed by atoms with van der Waals surface area (Å²) in [6.45, 7) is 8.81. The van der Waals surface area contributed by atoms with E-state index in [1.807, 2.05) is 56.5 Å². The third kappa shape index (κ3) is 5.85. The molecule has 9 nitrogen and oxygen atoms in total. The Hall–Kier alpha value is -4.12. The van der Waals surface area contributed by atoms with Gasteiger partial charge in [0.2, 0.25) is 0 Å². The number of pyridine rings is 2. The SMILES string of the molecule is CC(C)NC1c2cccnc2C(OC(=O)N2CCC(n3c(=O)n(C(C)C)c4ncccc43)CC2)CCC1c1cccc(F)c1F. The highest BCUT2D eigenvalue weighted by Gasteiger charge is 2.38. The molecule has 1 aromatic carbocycles. The van der Waals surface area contributed by atoms with Gasteiger partial charge in [-0.15, -0.1) is 0 Å². The summed E-state index contributed by atoms with van der Waals surface area (Å²) < 4.78 is 39.2. The van der Waals surface area contributed by atoms with E-state index in [1.54, 1.807) is 27.9 Å². The maximum atomic E-state index is 15.1. The Morgan fingerprint density at radius 2 is 1.64 bits per heavy atom. The minimum absolute atomic E-state index is 0.0328. The monoisotopic (exact) mass is 618 g/mol. The molecular weight excluding hydrogens is 578 g/mol. The van der Waals surface area contributed by atoms with Crippen LogP contribution in [0.3, 0.4) is 0 Å². The van der Waals surface area contributed by atoms with E-state index in [-0.39, 0.29) is 29.9 Å². The van der Waals surface area contributed by atoms with Crippen LogP contribution in [-0.2, 0) is 4.74 Å². The summed E-state index contributed by atoms with van der Waals surface area (Å²) in [5.74, 6) is -2.13. The van der Waals surface area contributed by atoms with Crippen molar-refractivity contribution in [2.24, 2.45) is 0 Å². The Morgan fingerprint density at radius 1 is 0.933 bits per heavy atom. The number of likely N-dealkylation sites (tertiary alicyclic amines) is 1. The Labute approximate surface area is 261 Å². The number of piperidine rings is 1. The Kier molecular flexibility index (Phi) is 8.72. The number of halogens is 2. The molecule has 0 bridgehead atoms. The minimum atomic E-state index is -0.884. The van der Waals surface area contributed by atoms with Crippen LogP contribution in [0.25, 0.3) is 11.2 Å². The number of amides is 1. The number of aromatic nitrogens is 4. The molecule has 1 saturated heterocycles. The molecule has 1 aliphatic carbocycles. The standard InChI is InChI=1S/C34H40F2N6O3/c1-20(2)39-30-24(23-8-5-10-26(35)29(23)36)12-13-28(31-25(30)9-6-16-37-31)45-34(44)40-18-14-22(15-19-40)42-27-11-7-17-38-32(27)41(21(3)4)33(42)43/h5-11,16-17,20-22,24,28,30,39H,12-15,18-19H2,1-4H3. The first-order valence-electron chi connectivity index (χ1n) is 15.8. The van der Waals surface area contributed by atoms with Gasteiger partial charge < -0.3 is 15.0 Å². The summed E-state index contributed by atoms with van der Waals surface area (Å²) in [5.41, 5.74) is 3.10. The van der Waals surface area contributed by atoms with Gasteiger partial charge in [0.1, 0.15) is 6.10 Å². The summed E-state index contributed by atoms with van der Waals surface area (Å²) in [6.07, 6.45) is 4.32.